The first kappa shape index (κ1) is 19.3. The standard InChI is InChI=1S/C21H22O5S/c1-13-7-10-18(27(3,24)25)12-19(13)21(23)26-14(2)20(22)17-9-8-15-5-4-6-16(15)11-17/h7-12,14H,4-6H2,1-3H3/t14-/m0/s1. The van der Waals surface area contributed by atoms with Gasteiger partial charge in [0, 0.05) is 11.8 Å². The molecule has 0 radical (unpaired) electrons. The number of rotatable bonds is 5. The van der Waals surface area contributed by atoms with E-state index in [0.717, 1.165) is 25.5 Å². The van der Waals surface area contributed by atoms with Gasteiger partial charge in [0.05, 0.1) is 10.5 Å². The highest BCUT2D eigenvalue weighted by molar-refractivity contribution is 7.90. The van der Waals surface area contributed by atoms with Gasteiger partial charge in [-0.05, 0) is 68.0 Å². The van der Waals surface area contributed by atoms with Crippen molar-refractivity contribution in [1.29, 1.82) is 0 Å². The Balaban J connectivity index is 1.78. The van der Waals surface area contributed by atoms with Crippen LogP contribution >= 0.6 is 0 Å². The van der Waals surface area contributed by atoms with Crippen molar-refractivity contribution in [3.8, 4) is 0 Å². The third-order valence-electron chi connectivity index (χ3n) is 4.89. The fraction of sp³-hybridized carbons (Fsp3) is 0.333. The van der Waals surface area contributed by atoms with Gasteiger partial charge in [0.15, 0.2) is 15.9 Å². The van der Waals surface area contributed by atoms with Crippen LogP contribution in [0.5, 0.6) is 0 Å². The third-order valence-corrected chi connectivity index (χ3v) is 6.00. The van der Waals surface area contributed by atoms with E-state index in [2.05, 4.69) is 0 Å². The highest BCUT2D eigenvalue weighted by Gasteiger charge is 2.23. The molecular formula is C21H22O5S. The molecule has 1 atom stereocenters. The lowest BCUT2D eigenvalue weighted by atomic mass is 10.0. The fourth-order valence-corrected chi connectivity index (χ4v) is 3.94. The Bertz CT molecular complexity index is 1020. The number of hydrogen-bond donors (Lipinski definition) is 0. The predicted molar refractivity (Wildman–Crippen MR) is 102 cm³/mol. The maximum absolute atomic E-state index is 12.6. The number of ether oxygens (including phenoxy) is 1. The van der Waals surface area contributed by atoms with Crippen molar-refractivity contribution >= 4 is 21.6 Å². The fourth-order valence-electron chi connectivity index (χ4n) is 3.29. The zero-order valence-corrected chi connectivity index (χ0v) is 16.4. The van der Waals surface area contributed by atoms with E-state index in [4.69, 9.17) is 4.74 Å². The van der Waals surface area contributed by atoms with Crippen molar-refractivity contribution in [2.24, 2.45) is 0 Å². The van der Waals surface area contributed by atoms with Gasteiger partial charge in [0.1, 0.15) is 0 Å². The highest BCUT2D eigenvalue weighted by atomic mass is 32.2. The molecule has 0 bridgehead atoms. The Morgan fingerprint density at radius 1 is 1.04 bits per heavy atom. The molecule has 142 valence electrons. The zero-order chi connectivity index (χ0) is 19.8. The zero-order valence-electron chi connectivity index (χ0n) is 15.6. The number of benzene rings is 2. The summed E-state index contributed by atoms with van der Waals surface area (Å²) in [4.78, 5) is 25.2. The van der Waals surface area contributed by atoms with Gasteiger partial charge in [-0.1, -0.05) is 18.2 Å². The second kappa shape index (κ2) is 7.27. The number of aryl methyl sites for hydroxylation is 3. The Kier molecular flexibility index (Phi) is 5.20. The van der Waals surface area contributed by atoms with Crippen LogP contribution in [0.3, 0.4) is 0 Å². The van der Waals surface area contributed by atoms with E-state index in [1.807, 2.05) is 12.1 Å². The summed E-state index contributed by atoms with van der Waals surface area (Å²) in [5, 5.41) is 0. The second-order valence-corrected chi connectivity index (χ2v) is 9.01. The van der Waals surface area contributed by atoms with Crippen LogP contribution in [0.1, 0.15) is 50.8 Å². The number of carbonyl (C=O) groups excluding carboxylic acids is 2. The van der Waals surface area contributed by atoms with E-state index < -0.39 is 21.9 Å². The normalized spacial score (nSPS) is 14.5. The Morgan fingerprint density at radius 2 is 1.74 bits per heavy atom. The topological polar surface area (TPSA) is 77.5 Å². The van der Waals surface area contributed by atoms with E-state index >= 15 is 0 Å². The van der Waals surface area contributed by atoms with Gasteiger partial charge in [-0.2, -0.15) is 0 Å². The summed E-state index contributed by atoms with van der Waals surface area (Å²) >= 11 is 0. The van der Waals surface area contributed by atoms with Crippen LogP contribution in [0.25, 0.3) is 0 Å². The van der Waals surface area contributed by atoms with Crippen molar-refractivity contribution in [1.82, 2.24) is 0 Å². The van der Waals surface area contributed by atoms with Gasteiger partial charge in [-0.25, -0.2) is 13.2 Å². The number of fused-ring (bicyclic) bond motifs is 1. The largest absolute Gasteiger partial charge is 0.451 e. The van der Waals surface area contributed by atoms with Crippen LogP contribution in [0.15, 0.2) is 41.3 Å². The minimum atomic E-state index is -3.44. The van der Waals surface area contributed by atoms with E-state index in [1.54, 1.807) is 19.1 Å². The molecule has 0 aliphatic heterocycles. The van der Waals surface area contributed by atoms with Gasteiger partial charge in [-0.15, -0.1) is 0 Å². The average Bonchev–Trinajstić information content (AvgIpc) is 3.07. The molecule has 5 nitrogen and oxygen atoms in total. The molecule has 0 heterocycles. The third kappa shape index (κ3) is 4.11. The molecule has 0 aromatic heterocycles. The van der Waals surface area contributed by atoms with Crippen LogP contribution in [0, 0.1) is 6.92 Å². The molecule has 3 rings (SSSR count). The van der Waals surface area contributed by atoms with E-state index in [-0.39, 0.29) is 16.2 Å². The van der Waals surface area contributed by atoms with Gasteiger partial charge < -0.3 is 4.74 Å². The van der Waals surface area contributed by atoms with Crippen molar-refractivity contribution in [2.75, 3.05) is 6.26 Å². The molecule has 1 aliphatic carbocycles. The number of sulfone groups is 1. The molecule has 0 saturated carbocycles. The van der Waals surface area contributed by atoms with Crippen molar-refractivity contribution in [3.63, 3.8) is 0 Å². The monoisotopic (exact) mass is 386 g/mol. The molecule has 0 unspecified atom stereocenters. The van der Waals surface area contributed by atoms with Gasteiger partial charge >= 0.3 is 5.97 Å². The lowest BCUT2D eigenvalue weighted by Gasteiger charge is -2.14. The second-order valence-electron chi connectivity index (χ2n) is 7.00. The van der Waals surface area contributed by atoms with Gasteiger partial charge in [0.25, 0.3) is 0 Å². The summed E-state index contributed by atoms with van der Waals surface area (Å²) in [5.41, 5.74) is 3.70. The highest BCUT2D eigenvalue weighted by Crippen LogP contribution is 2.24. The Morgan fingerprint density at radius 3 is 2.44 bits per heavy atom. The molecule has 2 aromatic rings. The molecule has 0 fully saturated rings. The smallest absolute Gasteiger partial charge is 0.339 e. The molecule has 0 N–H and O–H groups in total. The Hall–Kier alpha value is -2.47. The van der Waals surface area contributed by atoms with E-state index in [9.17, 15) is 18.0 Å². The lowest BCUT2D eigenvalue weighted by Crippen LogP contribution is -2.25. The first-order valence-corrected chi connectivity index (χ1v) is 10.7. The summed E-state index contributed by atoms with van der Waals surface area (Å²) in [6, 6.07) is 9.90. The van der Waals surface area contributed by atoms with Crippen LogP contribution in [0.4, 0.5) is 0 Å². The molecule has 0 amide bonds. The number of carbonyl (C=O) groups is 2. The van der Waals surface area contributed by atoms with E-state index in [0.29, 0.717) is 11.1 Å². The minimum absolute atomic E-state index is 0.0395. The molecular weight excluding hydrogens is 364 g/mol. The maximum atomic E-state index is 12.6. The number of hydrogen-bond acceptors (Lipinski definition) is 5. The minimum Gasteiger partial charge on any atom is -0.451 e. The molecule has 1 aliphatic rings. The van der Waals surface area contributed by atoms with Crippen molar-refractivity contribution in [2.45, 2.75) is 44.1 Å². The van der Waals surface area contributed by atoms with Gasteiger partial charge in [0.2, 0.25) is 5.78 Å². The average molecular weight is 386 g/mol. The summed E-state index contributed by atoms with van der Waals surface area (Å²) < 4.78 is 28.8. The van der Waals surface area contributed by atoms with E-state index in [1.165, 1.54) is 30.2 Å². The lowest BCUT2D eigenvalue weighted by molar-refractivity contribution is 0.0318. The number of Topliss-reactive ketones (excluding diaryl/α,β-unsaturated/α-hetero) is 1. The number of ketones is 1. The first-order chi connectivity index (χ1) is 12.7. The molecule has 0 saturated heterocycles. The summed E-state index contributed by atoms with van der Waals surface area (Å²) in [6.07, 6.45) is 3.20. The molecule has 27 heavy (non-hydrogen) atoms. The molecule has 2 aromatic carbocycles. The van der Waals surface area contributed by atoms with Crippen LogP contribution in [-0.2, 0) is 27.4 Å². The summed E-state index contributed by atoms with van der Waals surface area (Å²) in [7, 11) is -3.44. The van der Waals surface area contributed by atoms with Crippen LogP contribution in [-0.4, -0.2) is 32.5 Å². The van der Waals surface area contributed by atoms with Crippen molar-refractivity contribution in [3.05, 3.63) is 64.2 Å². The predicted octanol–water partition coefficient (Wildman–Crippen LogP) is 3.32. The van der Waals surface area contributed by atoms with Crippen LogP contribution < -0.4 is 0 Å². The van der Waals surface area contributed by atoms with Gasteiger partial charge in [-0.3, -0.25) is 4.79 Å². The van der Waals surface area contributed by atoms with Crippen molar-refractivity contribution < 1.29 is 22.7 Å². The maximum Gasteiger partial charge on any atom is 0.339 e. The Labute approximate surface area is 159 Å². The first-order valence-electron chi connectivity index (χ1n) is 8.84. The summed E-state index contributed by atoms with van der Waals surface area (Å²) in [6.45, 7) is 3.22. The molecule has 6 heteroatoms. The molecule has 0 spiro atoms. The SMILES string of the molecule is Cc1ccc(S(C)(=O)=O)cc1C(=O)O[C@@H](C)C(=O)c1ccc2c(c1)CCC2. The van der Waals surface area contributed by atoms with Crippen LogP contribution in [0.2, 0.25) is 0 Å². The quantitative estimate of drug-likeness (QED) is 0.582. The summed E-state index contributed by atoms with van der Waals surface area (Å²) in [5.74, 6) is -0.977. The number of esters is 1.